The molecule has 0 atom stereocenters. The van der Waals surface area contributed by atoms with Crippen LogP contribution in [0.3, 0.4) is 0 Å². The van der Waals surface area contributed by atoms with E-state index in [-0.39, 0.29) is 0 Å². The van der Waals surface area contributed by atoms with Crippen LogP contribution >= 0.6 is 11.3 Å². The number of nitrogen functional groups attached to an aromatic ring is 1. The largest absolute Gasteiger partial charge is 0.390 e. The molecule has 2 N–H and O–H groups in total. The van der Waals surface area contributed by atoms with Crippen LogP contribution in [0, 0.1) is 6.92 Å². The van der Waals surface area contributed by atoms with Crippen LogP contribution in [-0.4, -0.2) is 14.8 Å². The third-order valence-corrected chi connectivity index (χ3v) is 3.07. The molecule has 2 aromatic rings. The lowest BCUT2D eigenvalue weighted by Gasteiger charge is -2.05. The summed E-state index contributed by atoms with van der Waals surface area (Å²) >= 11 is 1.53. The zero-order valence-electron chi connectivity index (χ0n) is 8.90. The highest BCUT2D eigenvalue weighted by molar-refractivity contribution is 7.14. The summed E-state index contributed by atoms with van der Waals surface area (Å²) < 4.78 is 2.11. The van der Waals surface area contributed by atoms with Crippen LogP contribution < -0.4 is 5.73 Å². The molecule has 0 fully saturated rings. The normalized spacial score (nSPS) is 10.8. The van der Waals surface area contributed by atoms with E-state index in [1.807, 2.05) is 18.4 Å². The minimum Gasteiger partial charge on any atom is -0.390 e. The lowest BCUT2D eigenvalue weighted by molar-refractivity contribution is 0.663. The SMILES string of the molecule is CCCn1c(C)nnc1-c1ccsc1N. The number of hydrogen-bond acceptors (Lipinski definition) is 4. The number of aromatic nitrogens is 3. The number of hydrogen-bond donors (Lipinski definition) is 1. The highest BCUT2D eigenvalue weighted by atomic mass is 32.1. The second kappa shape index (κ2) is 4.02. The first-order valence-electron chi connectivity index (χ1n) is 4.97. The summed E-state index contributed by atoms with van der Waals surface area (Å²) in [5, 5.41) is 11.1. The summed E-state index contributed by atoms with van der Waals surface area (Å²) in [6.07, 6.45) is 1.07. The van der Waals surface area contributed by atoms with Crippen molar-refractivity contribution in [3.05, 3.63) is 17.3 Å². The van der Waals surface area contributed by atoms with Crippen LogP contribution in [0.1, 0.15) is 19.2 Å². The van der Waals surface area contributed by atoms with Crippen molar-refractivity contribution >= 4 is 16.3 Å². The Morgan fingerprint density at radius 3 is 2.87 bits per heavy atom. The van der Waals surface area contributed by atoms with Gasteiger partial charge < -0.3 is 10.3 Å². The first-order valence-corrected chi connectivity index (χ1v) is 5.85. The number of nitrogens with two attached hydrogens (primary N) is 1. The second-order valence-corrected chi connectivity index (χ2v) is 4.37. The molecule has 0 aliphatic carbocycles. The minimum absolute atomic E-state index is 0.805. The van der Waals surface area contributed by atoms with Gasteiger partial charge in [0.25, 0.3) is 0 Å². The molecule has 0 aliphatic rings. The zero-order valence-corrected chi connectivity index (χ0v) is 9.71. The third-order valence-electron chi connectivity index (χ3n) is 2.32. The molecule has 5 heteroatoms. The summed E-state index contributed by atoms with van der Waals surface area (Å²) in [4.78, 5) is 0. The van der Waals surface area contributed by atoms with Crippen molar-refractivity contribution in [3.63, 3.8) is 0 Å². The molecular weight excluding hydrogens is 208 g/mol. The topological polar surface area (TPSA) is 56.7 Å². The van der Waals surface area contributed by atoms with E-state index in [1.54, 1.807) is 0 Å². The number of nitrogens with zero attached hydrogens (tertiary/aromatic N) is 3. The lowest BCUT2D eigenvalue weighted by Crippen LogP contribution is -2.02. The molecule has 15 heavy (non-hydrogen) atoms. The third kappa shape index (κ3) is 1.74. The Morgan fingerprint density at radius 1 is 1.47 bits per heavy atom. The Labute approximate surface area is 92.8 Å². The van der Waals surface area contributed by atoms with Gasteiger partial charge in [0.15, 0.2) is 5.82 Å². The highest BCUT2D eigenvalue weighted by Gasteiger charge is 2.13. The standard InChI is InChI=1S/C10H14N4S/c1-3-5-14-7(2)12-13-10(14)8-4-6-15-9(8)11/h4,6H,3,5,11H2,1-2H3. The van der Waals surface area contributed by atoms with Crippen molar-refractivity contribution in [2.45, 2.75) is 26.8 Å². The molecule has 0 saturated carbocycles. The summed E-state index contributed by atoms with van der Waals surface area (Å²) in [5.74, 6) is 1.82. The zero-order chi connectivity index (χ0) is 10.8. The van der Waals surface area contributed by atoms with Crippen molar-refractivity contribution in [1.82, 2.24) is 14.8 Å². The van der Waals surface area contributed by atoms with Gasteiger partial charge in [0.1, 0.15) is 5.82 Å². The van der Waals surface area contributed by atoms with Crippen LogP contribution in [0.15, 0.2) is 11.4 Å². The predicted octanol–water partition coefficient (Wildman–Crippen LogP) is 2.31. The van der Waals surface area contributed by atoms with E-state index in [4.69, 9.17) is 5.73 Å². The molecule has 2 rings (SSSR count). The molecule has 0 radical (unpaired) electrons. The van der Waals surface area contributed by atoms with Crippen molar-refractivity contribution < 1.29 is 0 Å². The molecular formula is C10H14N4S. The monoisotopic (exact) mass is 222 g/mol. The van der Waals surface area contributed by atoms with Gasteiger partial charge >= 0.3 is 0 Å². The minimum atomic E-state index is 0.805. The highest BCUT2D eigenvalue weighted by Crippen LogP contribution is 2.29. The molecule has 0 amide bonds. The molecule has 0 spiro atoms. The number of aryl methyl sites for hydroxylation is 1. The van der Waals surface area contributed by atoms with E-state index >= 15 is 0 Å². The van der Waals surface area contributed by atoms with Gasteiger partial charge in [-0.25, -0.2) is 0 Å². The fourth-order valence-electron chi connectivity index (χ4n) is 1.58. The molecule has 2 heterocycles. The summed E-state index contributed by atoms with van der Waals surface area (Å²) in [5.41, 5.74) is 6.88. The predicted molar refractivity (Wildman–Crippen MR) is 62.8 cm³/mol. The first-order chi connectivity index (χ1) is 7.24. The Balaban J connectivity index is 2.49. The maximum Gasteiger partial charge on any atom is 0.166 e. The van der Waals surface area contributed by atoms with E-state index < -0.39 is 0 Å². The lowest BCUT2D eigenvalue weighted by atomic mass is 10.3. The van der Waals surface area contributed by atoms with Crippen molar-refractivity contribution in [3.8, 4) is 11.4 Å². The molecule has 0 aliphatic heterocycles. The summed E-state index contributed by atoms with van der Waals surface area (Å²) in [6, 6.07) is 2.00. The van der Waals surface area contributed by atoms with Crippen LogP contribution in [0.25, 0.3) is 11.4 Å². The molecule has 0 aromatic carbocycles. The molecule has 0 saturated heterocycles. The maximum absolute atomic E-state index is 5.88. The van der Waals surface area contributed by atoms with E-state index in [1.165, 1.54) is 11.3 Å². The van der Waals surface area contributed by atoms with Crippen molar-refractivity contribution in [2.75, 3.05) is 5.73 Å². The van der Waals surface area contributed by atoms with Gasteiger partial charge in [0.2, 0.25) is 0 Å². The Morgan fingerprint density at radius 2 is 2.27 bits per heavy atom. The average Bonchev–Trinajstić information content (AvgIpc) is 2.76. The van der Waals surface area contributed by atoms with Crippen LogP contribution in [0.2, 0.25) is 0 Å². The van der Waals surface area contributed by atoms with E-state index in [2.05, 4.69) is 21.7 Å². The van der Waals surface area contributed by atoms with Crippen molar-refractivity contribution in [2.24, 2.45) is 0 Å². The second-order valence-electron chi connectivity index (χ2n) is 3.42. The van der Waals surface area contributed by atoms with Gasteiger partial charge in [0.05, 0.1) is 10.6 Å². The fraction of sp³-hybridized carbons (Fsp3) is 0.400. The number of rotatable bonds is 3. The Bertz CT molecular complexity index is 458. The summed E-state index contributed by atoms with van der Waals surface area (Å²) in [6.45, 7) is 5.04. The summed E-state index contributed by atoms with van der Waals surface area (Å²) in [7, 11) is 0. The molecule has 80 valence electrons. The number of anilines is 1. The first kappa shape index (κ1) is 10.2. The Kier molecular flexibility index (Phi) is 2.73. The maximum atomic E-state index is 5.88. The van der Waals surface area contributed by atoms with Crippen molar-refractivity contribution in [1.29, 1.82) is 0 Å². The van der Waals surface area contributed by atoms with Crippen LogP contribution in [0.4, 0.5) is 5.00 Å². The molecule has 0 unspecified atom stereocenters. The average molecular weight is 222 g/mol. The van der Waals surface area contributed by atoms with Gasteiger partial charge in [-0.05, 0) is 24.8 Å². The van der Waals surface area contributed by atoms with Gasteiger partial charge in [-0.1, -0.05) is 6.92 Å². The van der Waals surface area contributed by atoms with Gasteiger partial charge in [0, 0.05) is 6.54 Å². The smallest absolute Gasteiger partial charge is 0.166 e. The quantitative estimate of drug-likeness (QED) is 0.867. The van der Waals surface area contributed by atoms with E-state index in [9.17, 15) is 0 Å². The van der Waals surface area contributed by atoms with Gasteiger partial charge in [-0.3, -0.25) is 0 Å². The van der Waals surface area contributed by atoms with E-state index in [0.717, 1.165) is 35.2 Å². The van der Waals surface area contributed by atoms with Crippen LogP contribution in [0.5, 0.6) is 0 Å². The van der Waals surface area contributed by atoms with E-state index in [0.29, 0.717) is 0 Å². The number of thiophene rings is 1. The fourth-order valence-corrected chi connectivity index (χ4v) is 2.21. The van der Waals surface area contributed by atoms with Gasteiger partial charge in [-0.2, -0.15) is 0 Å². The molecule has 0 bridgehead atoms. The Hall–Kier alpha value is -1.36. The van der Waals surface area contributed by atoms with Crippen LogP contribution in [-0.2, 0) is 6.54 Å². The van der Waals surface area contributed by atoms with Gasteiger partial charge in [-0.15, -0.1) is 21.5 Å². The molecule has 4 nitrogen and oxygen atoms in total. The molecule has 2 aromatic heterocycles.